The number of hydrogen-bond acceptors (Lipinski definition) is 3. The van der Waals surface area contributed by atoms with Crippen LogP contribution >= 0.6 is 0 Å². The highest BCUT2D eigenvalue weighted by Gasteiger charge is 2.16. The number of rotatable bonds is 4. The number of nitrogens with one attached hydrogen (secondary N) is 2. The normalized spacial score (nSPS) is 11.9. The van der Waals surface area contributed by atoms with E-state index in [2.05, 4.69) is 10.3 Å². The number of carbonyl (C=O) groups is 1. The number of hydrogen-bond donors (Lipinski definition) is 2. The molecule has 0 fully saturated rings. The number of para-hydroxylation sites is 2. The zero-order chi connectivity index (χ0) is 16.2. The van der Waals surface area contributed by atoms with Crippen molar-refractivity contribution >= 4 is 22.5 Å². The topological polar surface area (TPSA) is 71.2 Å². The van der Waals surface area contributed by atoms with Crippen LogP contribution in [-0.2, 0) is 4.79 Å². The average Bonchev–Trinajstić information content (AvgIpc) is 2.56. The molecular formula is C18H16N2O3. The Morgan fingerprint density at radius 3 is 2.61 bits per heavy atom. The Kier molecular flexibility index (Phi) is 4.10. The van der Waals surface area contributed by atoms with E-state index in [-0.39, 0.29) is 11.5 Å². The molecule has 0 saturated heterocycles. The number of H-pyrrole nitrogens is 1. The molecule has 1 unspecified atom stereocenters. The van der Waals surface area contributed by atoms with Gasteiger partial charge in [-0.1, -0.05) is 30.3 Å². The van der Waals surface area contributed by atoms with Crippen molar-refractivity contribution < 1.29 is 9.53 Å². The molecule has 1 aromatic heterocycles. The van der Waals surface area contributed by atoms with Crippen molar-refractivity contribution in [3.05, 3.63) is 71.0 Å². The van der Waals surface area contributed by atoms with Crippen molar-refractivity contribution in [1.29, 1.82) is 0 Å². The summed E-state index contributed by atoms with van der Waals surface area (Å²) in [6, 6.07) is 17.8. The summed E-state index contributed by atoms with van der Waals surface area (Å²) in [5.41, 5.74) is 1.08. The first-order chi connectivity index (χ1) is 11.1. The van der Waals surface area contributed by atoms with Crippen molar-refractivity contribution in [2.75, 3.05) is 5.32 Å². The summed E-state index contributed by atoms with van der Waals surface area (Å²) in [5, 5.41) is 3.63. The number of amides is 1. The van der Waals surface area contributed by atoms with E-state index in [4.69, 9.17) is 4.74 Å². The third kappa shape index (κ3) is 3.40. The Balaban J connectivity index is 1.80. The van der Waals surface area contributed by atoms with Gasteiger partial charge in [-0.2, -0.15) is 0 Å². The Morgan fingerprint density at radius 1 is 1.04 bits per heavy atom. The molecule has 0 spiro atoms. The van der Waals surface area contributed by atoms with Crippen molar-refractivity contribution in [2.45, 2.75) is 13.0 Å². The minimum absolute atomic E-state index is 0.213. The zero-order valence-corrected chi connectivity index (χ0v) is 12.6. The first kappa shape index (κ1) is 14.8. The largest absolute Gasteiger partial charge is 0.479 e. The fourth-order valence-electron chi connectivity index (χ4n) is 2.26. The van der Waals surface area contributed by atoms with E-state index in [0.29, 0.717) is 17.0 Å². The Hall–Kier alpha value is -3.08. The van der Waals surface area contributed by atoms with Gasteiger partial charge >= 0.3 is 0 Å². The molecule has 0 radical (unpaired) electrons. The molecule has 1 amide bonds. The first-order valence-electron chi connectivity index (χ1n) is 7.28. The molecule has 2 N–H and O–H groups in total. The van der Waals surface area contributed by atoms with E-state index in [0.717, 1.165) is 5.39 Å². The SMILES string of the molecule is CC(Oc1cccc2ccc(=O)[nH]c12)C(=O)Nc1ccccc1. The van der Waals surface area contributed by atoms with Gasteiger partial charge in [0.1, 0.15) is 5.75 Å². The van der Waals surface area contributed by atoms with Gasteiger partial charge in [-0.15, -0.1) is 0 Å². The number of ether oxygens (including phenoxy) is 1. The van der Waals surface area contributed by atoms with Crippen molar-refractivity contribution in [3.63, 3.8) is 0 Å². The first-order valence-corrected chi connectivity index (χ1v) is 7.28. The second-order valence-electron chi connectivity index (χ2n) is 5.16. The number of aromatic amines is 1. The maximum Gasteiger partial charge on any atom is 0.265 e. The van der Waals surface area contributed by atoms with Gasteiger partial charge in [-0.05, 0) is 31.2 Å². The monoisotopic (exact) mass is 308 g/mol. The van der Waals surface area contributed by atoms with Crippen LogP contribution in [0, 0.1) is 0 Å². The summed E-state index contributed by atoms with van der Waals surface area (Å²) in [6.07, 6.45) is -0.704. The van der Waals surface area contributed by atoms with Gasteiger partial charge in [0.05, 0.1) is 5.52 Å². The molecule has 1 atom stereocenters. The van der Waals surface area contributed by atoms with Crippen molar-refractivity contribution in [1.82, 2.24) is 4.98 Å². The minimum atomic E-state index is -0.704. The van der Waals surface area contributed by atoms with Gasteiger partial charge in [0.25, 0.3) is 5.91 Å². The summed E-state index contributed by atoms with van der Waals surface area (Å²) in [4.78, 5) is 26.5. The van der Waals surface area contributed by atoms with Crippen LogP contribution in [0.5, 0.6) is 5.75 Å². The Labute approximate surface area is 132 Å². The van der Waals surface area contributed by atoms with Crippen molar-refractivity contribution in [2.24, 2.45) is 0 Å². The smallest absolute Gasteiger partial charge is 0.265 e. The van der Waals surface area contributed by atoms with E-state index >= 15 is 0 Å². The molecule has 3 aromatic rings. The second kappa shape index (κ2) is 6.36. The van der Waals surface area contributed by atoms with E-state index in [1.165, 1.54) is 6.07 Å². The number of pyridine rings is 1. The lowest BCUT2D eigenvalue weighted by Crippen LogP contribution is -2.30. The van der Waals surface area contributed by atoms with Crippen LogP contribution in [0.1, 0.15) is 6.92 Å². The van der Waals surface area contributed by atoms with Crippen LogP contribution in [0.15, 0.2) is 65.5 Å². The molecule has 23 heavy (non-hydrogen) atoms. The molecule has 2 aromatic carbocycles. The molecule has 116 valence electrons. The number of benzene rings is 2. The number of anilines is 1. The van der Waals surface area contributed by atoms with Crippen LogP contribution in [0.3, 0.4) is 0 Å². The molecule has 0 aliphatic rings. The minimum Gasteiger partial charge on any atom is -0.479 e. The lowest BCUT2D eigenvalue weighted by molar-refractivity contribution is -0.122. The highest BCUT2D eigenvalue weighted by Crippen LogP contribution is 2.23. The molecule has 3 rings (SSSR count). The van der Waals surface area contributed by atoms with Crippen molar-refractivity contribution in [3.8, 4) is 5.75 Å². The van der Waals surface area contributed by atoms with Gasteiger partial charge < -0.3 is 15.0 Å². The van der Waals surface area contributed by atoms with Gasteiger partial charge in [0, 0.05) is 17.1 Å². The maximum absolute atomic E-state index is 12.2. The zero-order valence-electron chi connectivity index (χ0n) is 12.6. The molecule has 5 heteroatoms. The van der Waals surface area contributed by atoms with E-state index in [1.807, 2.05) is 30.3 Å². The highest BCUT2D eigenvalue weighted by molar-refractivity contribution is 5.94. The molecular weight excluding hydrogens is 292 g/mol. The summed E-state index contributed by atoms with van der Waals surface area (Å²) in [6.45, 7) is 1.66. The average molecular weight is 308 g/mol. The lowest BCUT2D eigenvalue weighted by atomic mass is 10.2. The van der Waals surface area contributed by atoms with Gasteiger partial charge in [-0.3, -0.25) is 9.59 Å². The van der Waals surface area contributed by atoms with Crippen LogP contribution in [-0.4, -0.2) is 17.0 Å². The second-order valence-corrected chi connectivity index (χ2v) is 5.16. The maximum atomic E-state index is 12.2. The van der Waals surface area contributed by atoms with E-state index < -0.39 is 6.10 Å². The summed E-state index contributed by atoms with van der Waals surface area (Å²) in [5.74, 6) is 0.211. The molecule has 0 aliphatic heterocycles. The van der Waals surface area contributed by atoms with Crippen LogP contribution in [0.25, 0.3) is 10.9 Å². The third-order valence-electron chi connectivity index (χ3n) is 3.44. The Morgan fingerprint density at radius 2 is 1.83 bits per heavy atom. The van der Waals surface area contributed by atoms with Crippen LogP contribution in [0.2, 0.25) is 0 Å². The summed E-state index contributed by atoms with van der Waals surface area (Å²) >= 11 is 0. The van der Waals surface area contributed by atoms with Gasteiger partial charge in [0.2, 0.25) is 5.56 Å². The molecule has 5 nitrogen and oxygen atoms in total. The standard InChI is InChI=1S/C18H16N2O3/c1-12(18(22)19-14-7-3-2-4-8-14)23-15-9-5-6-13-10-11-16(21)20-17(13)15/h2-12H,1H3,(H,19,22)(H,20,21). The van der Waals surface area contributed by atoms with Gasteiger partial charge in [0.15, 0.2) is 6.10 Å². The number of carbonyl (C=O) groups excluding carboxylic acids is 1. The summed E-state index contributed by atoms with van der Waals surface area (Å²) in [7, 11) is 0. The number of aromatic nitrogens is 1. The predicted octanol–water partition coefficient (Wildman–Crippen LogP) is 2.93. The molecule has 0 aliphatic carbocycles. The lowest BCUT2D eigenvalue weighted by Gasteiger charge is -2.16. The van der Waals surface area contributed by atoms with Crippen LogP contribution in [0.4, 0.5) is 5.69 Å². The molecule has 1 heterocycles. The summed E-state index contributed by atoms with van der Waals surface area (Å²) < 4.78 is 5.73. The van der Waals surface area contributed by atoms with Crippen LogP contribution < -0.4 is 15.6 Å². The third-order valence-corrected chi connectivity index (χ3v) is 3.44. The highest BCUT2D eigenvalue weighted by atomic mass is 16.5. The molecule has 0 saturated carbocycles. The Bertz CT molecular complexity index is 887. The number of fused-ring (bicyclic) bond motifs is 1. The fraction of sp³-hybridized carbons (Fsp3) is 0.111. The fourth-order valence-corrected chi connectivity index (χ4v) is 2.26. The van der Waals surface area contributed by atoms with E-state index in [1.54, 1.807) is 31.2 Å². The predicted molar refractivity (Wildman–Crippen MR) is 89.7 cm³/mol. The quantitative estimate of drug-likeness (QED) is 0.778. The van der Waals surface area contributed by atoms with Gasteiger partial charge in [-0.25, -0.2) is 0 Å². The molecule has 0 bridgehead atoms. The van der Waals surface area contributed by atoms with E-state index in [9.17, 15) is 9.59 Å².